The van der Waals surface area contributed by atoms with Crippen LogP contribution in [0.4, 0.5) is 18.9 Å². The quantitative estimate of drug-likeness (QED) is 0.710. The highest BCUT2D eigenvalue weighted by atomic mass is 19.2. The van der Waals surface area contributed by atoms with Gasteiger partial charge in [0.1, 0.15) is 0 Å². The number of amides is 2. The minimum absolute atomic E-state index is 0.000743. The zero-order valence-corrected chi connectivity index (χ0v) is 15.7. The van der Waals surface area contributed by atoms with Gasteiger partial charge in [-0.1, -0.05) is 30.3 Å². The molecular weight excluding hydrogens is 385 g/mol. The van der Waals surface area contributed by atoms with Gasteiger partial charge in [0.15, 0.2) is 30.5 Å². The van der Waals surface area contributed by atoms with Gasteiger partial charge in [0.2, 0.25) is 0 Å². The number of hydrazone groups is 1. The summed E-state index contributed by atoms with van der Waals surface area (Å²) in [5.41, 5.74) is 1.32. The van der Waals surface area contributed by atoms with Gasteiger partial charge in [0.05, 0.1) is 25.0 Å². The predicted molar refractivity (Wildman–Crippen MR) is 101 cm³/mol. The van der Waals surface area contributed by atoms with Crippen molar-refractivity contribution < 1.29 is 27.7 Å². The Kier molecular flexibility index (Phi) is 6.28. The van der Waals surface area contributed by atoms with Gasteiger partial charge in [-0.25, -0.2) is 18.2 Å². The maximum atomic E-state index is 13.6. The van der Waals surface area contributed by atoms with Gasteiger partial charge < -0.3 is 10.2 Å². The number of carbonyl (C=O) groups excluding carboxylic acids is 2. The van der Waals surface area contributed by atoms with Crippen LogP contribution < -0.4 is 10.2 Å². The van der Waals surface area contributed by atoms with Crippen molar-refractivity contribution in [3.8, 4) is 0 Å². The Bertz CT molecular complexity index is 950. The van der Waals surface area contributed by atoms with Crippen LogP contribution in [0.3, 0.4) is 0 Å². The Morgan fingerprint density at radius 1 is 1.07 bits per heavy atom. The third-order valence-electron chi connectivity index (χ3n) is 4.42. The first-order valence-corrected chi connectivity index (χ1v) is 9.03. The van der Waals surface area contributed by atoms with Crippen LogP contribution in [0.15, 0.2) is 47.6 Å². The normalized spacial score (nSPS) is 14.5. The van der Waals surface area contributed by atoms with E-state index in [0.717, 1.165) is 23.4 Å². The second-order valence-electron chi connectivity index (χ2n) is 6.76. The van der Waals surface area contributed by atoms with E-state index in [1.54, 1.807) is 7.05 Å². The molecule has 0 spiro atoms. The number of nitrogens with one attached hydrogen (secondary N) is 2. The van der Waals surface area contributed by atoms with Crippen LogP contribution in [0.1, 0.15) is 12.0 Å². The van der Waals surface area contributed by atoms with Crippen LogP contribution in [0.2, 0.25) is 0 Å². The number of halogens is 3. The molecular formula is C20H20F3N4O2+. The molecule has 0 aliphatic carbocycles. The first-order chi connectivity index (χ1) is 13.8. The van der Waals surface area contributed by atoms with E-state index in [1.807, 2.05) is 30.3 Å². The molecule has 2 aromatic rings. The number of likely N-dealkylation sites (N-methyl/N-ethyl adjacent to an activating group) is 1. The lowest BCUT2D eigenvalue weighted by atomic mass is 10.1. The number of hydrogen-bond acceptors (Lipinski definition) is 3. The fourth-order valence-electron chi connectivity index (χ4n) is 2.97. The summed E-state index contributed by atoms with van der Waals surface area (Å²) < 4.78 is 39.8. The fourth-order valence-corrected chi connectivity index (χ4v) is 2.97. The molecule has 0 fully saturated rings. The highest BCUT2D eigenvalue weighted by Gasteiger charge is 2.25. The molecule has 0 saturated heterocycles. The van der Waals surface area contributed by atoms with E-state index in [-0.39, 0.29) is 19.0 Å². The summed E-state index contributed by atoms with van der Waals surface area (Å²) in [5.74, 6) is -5.34. The van der Waals surface area contributed by atoms with E-state index in [0.29, 0.717) is 17.9 Å². The summed E-state index contributed by atoms with van der Waals surface area (Å²) in [6, 6.07) is 11.2. The highest BCUT2D eigenvalue weighted by molar-refractivity contribution is 6.02. The molecule has 0 bridgehead atoms. The second-order valence-corrected chi connectivity index (χ2v) is 6.76. The van der Waals surface area contributed by atoms with E-state index < -0.39 is 29.0 Å². The van der Waals surface area contributed by atoms with Gasteiger partial charge in [-0.15, -0.1) is 0 Å². The summed E-state index contributed by atoms with van der Waals surface area (Å²) in [5, 5.41) is 7.91. The topological polar surface area (TPSA) is 66.2 Å². The van der Waals surface area contributed by atoms with Crippen molar-refractivity contribution in [2.24, 2.45) is 5.10 Å². The SMILES string of the molecule is C[NH+](CC(=O)Nc1ccc(F)c(F)c1F)CC(=O)N1CCC(c2ccccc2)=N1. The van der Waals surface area contributed by atoms with Crippen LogP contribution in [0.25, 0.3) is 0 Å². The highest BCUT2D eigenvalue weighted by Crippen LogP contribution is 2.19. The Hall–Kier alpha value is -3.20. The second kappa shape index (κ2) is 8.87. The van der Waals surface area contributed by atoms with E-state index >= 15 is 0 Å². The van der Waals surface area contributed by atoms with Gasteiger partial charge in [0.25, 0.3) is 11.8 Å². The Labute approximate surface area is 165 Å². The molecule has 2 aromatic carbocycles. The average Bonchev–Trinajstić information content (AvgIpc) is 3.19. The van der Waals surface area contributed by atoms with Crippen molar-refractivity contribution in [3.63, 3.8) is 0 Å². The fraction of sp³-hybridized carbons (Fsp3) is 0.250. The number of anilines is 1. The number of benzene rings is 2. The lowest BCUT2D eigenvalue weighted by molar-refractivity contribution is -0.862. The summed E-state index contributed by atoms with van der Waals surface area (Å²) in [6.07, 6.45) is 0.644. The summed E-state index contributed by atoms with van der Waals surface area (Å²) >= 11 is 0. The Balaban J connectivity index is 1.53. The molecule has 0 radical (unpaired) electrons. The third kappa shape index (κ3) is 5.00. The molecule has 1 aliphatic heterocycles. The molecule has 2 N–H and O–H groups in total. The lowest BCUT2D eigenvalue weighted by Gasteiger charge is -2.16. The van der Waals surface area contributed by atoms with Gasteiger partial charge in [0, 0.05) is 6.42 Å². The predicted octanol–water partition coefficient (Wildman–Crippen LogP) is 1.19. The molecule has 1 aliphatic rings. The molecule has 152 valence electrons. The van der Waals surface area contributed by atoms with Crippen molar-refractivity contribution in [3.05, 3.63) is 65.5 Å². The van der Waals surface area contributed by atoms with E-state index in [9.17, 15) is 22.8 Å². The van der Waals surface area contributed by atoms with E-state index in [2.05, 4.69) is 10.4 Å². The smallest absolute Gasteiger partial charge is 0.297 e. The standard InChI is InChI=1S/C20H19F3N4O2/c1-26(11-17(28)24-16-8-7-14(21)19(22)20(16)23)12-18(29)27-10-9-15(25-27)13-5-3-2-4-6-13/h2-8H,9-12H2,1H3,(H,24,28)/p+1. The monoisotopic (exact) mass is 405 g/mol. The molecule has 1 unspecified atom stereocenters. The third-order valence-corrected chi connectivity index (χ3v) is 4.42. The lowest BCUT2D eigenvalue weighted by Crippen LogP contribution is -3.11. The van der Waals surface area contributed by atoms with Crippen LogP contribution in [-0.2, 0) is 9.59 Å². The first-order valence-electron chi connectivity index (χ1n) is 9.03. The zero-order chi connectivity index (χ0) is 21.0. The maximum Gasteiger partial charge on any atom is 0.297 e. The van der Waals surface area contributed by atoms with Crippen LogP contribution in [0.5, 0.6) is 0 Å². The minimum Gasteiger partial charge on any atom is -0.322 e. The van der Waals surface area contributed by atoms with Crippen LogP contribution in [0, 0.1) is 17.5 Å². The van der Waals surface area contributed by atoms with Crippen molar-refractivity contribution in [1.82, 2.24) is 5.01 Å². The first kappa shape index (κ1) is 20.5. The summed E-state index contributed by atoms with van der Waals surface area (Å²) in [4.78, 5) is 25.0. The molecule has 29 heavy (non-hydrogen) atoms. The van der Waals surface area contributed by atoms with Crippen molar-refractivity contribution in [2.75, 3.05) is 32.0 Å². The summed E-state index contributed by atoms with van der Waals surface area (Å²) in [6.45, 7) is 0.301. The van der Waals surface area contributed by atoms with Crippen molar-refractivity contribution in [2.45, 2.75) is 6.42 Å². The maximum absolute atomic E-state index is 13.6. The van der Waals surface area contributed by atoms with E-state index in [1.165, 1.54) is 5.01 Å². The molecule has 6 nitrogen and oxygen atoms in total. The average molecular weight is 405 g/mol. The van der Waals surface area contributed by atoms with Crippen LogP contribution >= 0.6 is 0 Å². The Morgan fingerprint density at radius 2 is 1.79 bits per heavy atom. The summed E-state index contributed by atoms with van der Waals surface area (Å²) in [7, 11) is 1.62. The number of carbonyl (C=O) groups is 2. The van der Waals surface area contributed by atoms with Gasteiger partial charge in [-0.2, -0.15) is 5.10 Å². The Morgan fingerprint density at radius 3 is 2.52 bits per heavy atom. The number of hydrogen-bond donors (Lipinski definition) is 2. The largest absolute Gasteiger partial charge is 0.322 e. The number of nitrogens with zero attached hydrogens (tertiary/aromatic N) is 2. The molecule has 1 atom stereocenters. The van der Waals surface area contributed by atoms with Crippen molar-refractivity contribution in [1.29, 1.82) is 0 Å². The molecule has 2 amide bonds. The number of rotatable bonds is 6. The minimum atomic E-state index is -1.65. The molecule has 1 heterocycles. The van der Waals surface area contributed by atoms with Crippen LogP contribution in [-0.4, -0.2) is 49.2 Å². The van der Waals surface area contributed by atoms with E-state index in [4.69, 9.17) is 0 Å². The van der Waals surface area contributed by atoms with Gasteiger partial charge in [-0.3, -0.25) is 9.59 Å². The molecule has 3 rings (SSSR count). The van der Waals surface area contributed by atoms with Crippen molar-refractivity contribution >= 4 is 23.2 Å². The number of quaternary nitrogens is 1. The van der Waals surface area contributed by atoms with Gasteiger partial charge in [-0.05, 0) is 17.7 Å². The molecule has 0 saturated carbocycles. The van der Waals surface area contributed by atoms with Gasteiger partial charge >= 0.3 is 0 Å². The zero-order valence-electron chi connectivity index (χ0n) is 15.7. The molecule has 9 heteroatoms. The molecule has 0 aromatic heterocycles.